The third kappa shape index (κ3) is 6.41. The van der Waals surface area contributed by atoms with E-state index in [9.17, 15) is 18.0 Å². The summed E-state index contributed by atoms with van der Waals surface area (Å²) in [6.45, 7) is 2.35. The molecular weight excluding hydrogens is 456 g/mol. The molecule has 2 aromatic rings. The normalized spacial score (nSPS) is 16.5. The van der Waals surface area contributed by atoms with E-state index >= 15 is 0 Å². The molecule has 2 amide bonds. The smallest absolute Gasteiger partial charge is 0.282 e. The Bertz CT molecular complexity index is 1060. The van der Waals surface area contributed by atoms with Crippen molar-refractivity contribution in [2.24, 2.45) is 0 Å². The predicted octanol–water partition coefficient (Wildman–Crippen LogP) is 3.00. The molecule has 3 rings (SSSR count). The first-order chi connectivity index (χ1) is 16.4. The molecule has 0 aliphatic carbocycles. The molecule has 0 saturated carbocycles. The van der Waals surface area contributed by atoms with Gasteiger partial charge in [0.2, 0.25) is 11.8 Å². The van der Waals surface area contributed by atoms with Crippen LogP contribution in [0.3, 0.4) is 0 Å². The van der Waals surface area contributed by atoms with Crippen LogP contribution in [0.1, 0.15) is 39.0 Å². The second-order valence-electron chi connectivity index (χ2n) is 8.25. The number of hydroxylamine groups is 1. The quantitative estimate of drug-likeness (QED) is 0.332. The number of benzene rings is 2. The van der Waals surface area contributed by atoms with Crippen LogP contribution in [0.15, 0.2) is 54.6 Å². The molecule has 9 nitrogen and oxygen atoms in total. The topological polar surface area (TPSA) is 119 Å². The largest absolute Gasteiger partial charge is 0.325 e. The number of nitrogens with zero attached hydrogens (tertiary/aromatic N) is 2. The van der Waals surface area contributed by atoms with Gasteiger partial charge in [0.25, 0.3) is 10.2 Å². The van der Waals surface area contributed by atoms with E-state index in [2.05, 4.69) is 5.32 Å². The minimum atomic E-state index is -3.96. The van der Waals surface area contributed by atoms with Gasteiger partial charge in [-0.15, -0.1) is 0 Å². The lowest BCUT2D eigenvalue weighted by Crippen LogP contribution is -2.50. The van der Waals surface area contributed by atoms with E-state index in [4.69, 9.17) is 5.21 Å². The number of hydrogen-bond donors (Lipinski definition) is 3. The molecule has 1 aliphatic rings. The van der Waals surface area contributed by atoms with Crippen LogP contribution in [0.5, 0.6) is 0 Å². The number of anilines is 1. The molecule has 0 bridgehead atoms. The lowest BCUT2D eigenvalue weighted by atomic mass is 10.1. The Labute approximate surface area is 200 Å². The number of hydrogen-bond acceptors (Lipinski definition) is 5. The number of unbranched alkanes of at least 4 members (excludes halogenated alkanes) is 1. The monoisotopic (exact) mass is 488 g/mol. The first-order valence-electron chi connectivity index (χ1n) is 11.5. The average molecular weight is 489 g/mol. The summed E-state index contributed by atoms with van der Waals surface area (Å²) in [7, 11) is -3.96. The van der Waals surface area contributed by atoms with Crippen molar-refractivity contribution in [3.8, 4) is 11.1 Å². The number of carbonyl (C=O) groups is 2. The highest BCUT2D eigenvalue weighted by Crippen LogP contribution is 2.26. The lowest BCUT2D eigenvalue weighted by Gasteiger charge is -2.30. The van der Waals surface area contributed by atoms with Crippen molar-refractivity contribution >= 4 is 27.7 Å². The summed E-state index contributed by atoms with van der Waals surface area (Å²) in [6, 6.07) is 16.5. The molecule has 184 valence electrons. The molecule has 0 spiro atoms. The molecule has 2 aromatic carbocycles. The Hall–Kier alpha value is -2.79. The van der Waals surface area contributed by atoms with E-state index < -0.39 is 22.2 Å². The maximum absolute atomic E-state index is 13.4. The Morgan fingerprint density at radius 2 is 1.74 bits per heavy atom. The minimum Gasteiger partial charge on any atom is -0.325 e. The summed E-state index contributed by atoms with van der Waals surface area (Å²) >= 11 is 0. The third-order valence-electron chi connectivity index (χ3n) is 5.86. The zero-order valence-corrected chi connectivity index (χ0v) is 20.1. The fourth-order valence-electron chi connectivity index (χ4n) is 3.99. The molecule has 3 N–H and O–H groups in total. The van der Waals surface area contributed by atoms with Crippen LogP contribution < -0.4 is 10.8 Å². The van der Waals surface area contributed by atoms with E-state index in [1.807, 2.05) is 49.4 Å². The fourth-order valence-corrected chi connectivity index (χ4v) is 5.85. The van der Waals surface area contributed by atoms with Gasteiger partial charge in [0, 0.05) is 31.7 Å². The molecule has 0 radical (unpaired) electrons. The first kappa shape index (κ1) is 25.8. The molecule has 1 saturated heterocycles. The Balaban J connectivity index is 1.70. The Kier molecular flexibility index (Phi) is 9.17. The second-order valence-corrected chi connectivity index (χ2v) is 10.1. The fraction of sp³-hybridized carbons (Fsp3) is 0.417. The molecule has 1 heterocycles. The van der Waals surface area contributed by atoms with Gasteiger partial charge >= 0.3 is 0 Å². The van der Waals surface area contributed by atoms with Crippen molar-refractivity contribution in [1.29, 1.82) is 0 Å². The van der Waals surface area contributed by atoms with Crippen molar-refractivity contribution in [2.45, 2.75) is 45.1 Å². The molecule has 1 fully saturated rings. The molecular formula is C24H32N4O5S. The molecule has 34 heavy (non-hydrogen) atoms. The van der Waals surface area contributed by atoms with E-state index in [0.717, 1.165) is 17.5 Å². The zero-order chi connectivity index (χ0) is 24.6. The van der Waals surface area contributed by atoms with E-state index in [1.54, 1.807) is 12.1 Å². The summed E-state index contributed by atoms with van der Waals surface area (Å²) < 4.78 is 29.2. The van der Waals surface area contributed by atoms with Crippen molar-refractivity contribution in [1.82, 2.24) is 14.1 Å². The predicted molar refractivity (Wildman–Crippen MR) is 130 cm³/mol. The average Bonchev–Trinajstić information content (AvgIpc) is 3.36. The van der Waals surface area contributed by atoms with Gasteiger partial charge in [-0.3, -0.25) is 14.8 Å². The maximum Gasteiger partial charge on any atom is 0.282 e. The van der Waals surface area contributed by atoms with Gasteiger partial charge in [0.15, 0.2) is 0 Å². The van der Waals surface area contributed by atoms with Crippen LogP contribution in [0.4, 0.5) is 5.69 Å². The van der Waals surface area contributed by atoms with Gasteiger partial charge in [0.05, 0.1) is 0 Å². The van der Waals surface area contributed by atoms with Gasteiger partial charge in [-0.2, -0.15) is 17.0 Å². The third-order valence-corrected chi connectivity index (χ3v) is 7.91. The summed E-state index contributed by atoms with van der Waals surface area (Å²) in [5, 5.41) is 11.6. The van der Waals surface area contributed by atoms with Crippen LogP contribution in [0.2, 0.25) is 0 Å². The second kappa shape index (κ2) is 12.1. The maximum atomic E-state index is 13.4. The number of carbonyl (C=O) groups excluding carboxylic acids is 2. The molecule has 1 atom stereocenters. The lowest BCUT2D eigenvalue weighted by molar-refractivity contribution is -0.129. The van der Waals surface area contributed by atoms with Crippen molar-refractivity contribution in [2.75, 3.05) is 25.0 Å². The molecule has 10 heteroatoms. The molecule has 1 unspecified atom stereocenters. The Morgan fingerprint density at radius 3 is 2.38 bits per heavy atom. The van der Waals surface area contributed by atoms with Crippen molar-refractivity contribution in [3.63, 3.8) is 0 Å². The van der Waals surface area contributed by atoms with Gasteiger partial charge in [-0.25, -0.2) is 5.48 Å². The number of amides is 2. The Morgan fingerprint density at radius 1 is 1.06 bits per heavy atom. The SMILES string of the molecule is CCCCN(CCC(=O)NO)S(=O)(=O)N1CCCC1C(=O)Nc1ccc(-c2ccccc2)cc1. The zero-order valence-electron chi connectivity index (χ0n) is 19.3. The summed E-state index contributed by atoms with van der Waals surface area (Å²) in [4.78, 5) is 24.5. The summed E-state index contributed by atoms with van der Waals surface area (Å²) in [5.41, 5.74) is 4.20. The van der Waals surface area contributed by atoms with Gasteiger partial charge in [-0.1, -0.05) is 55.8 Å². The van der Waals surface area contributed by atoms with E-state index in [1.165, 1.54) is 14.1 Å². The highest BCUT2D eigenvalue weighted by atomic mass is 32.2. The highest BCUT2D eigenvalue weighted by Gasteiger charge is 2.41. The van der Waals surface area contributed by atoms with Crippen LogP contribution in [0.25, 0.3) is 11.1 Å². The molecule has 1 aliphatic heterocycles. The number of rotatable bonds is 11. The summed E-state index contributed by atoms with van der Waals surface area (Å²) in [5.74, 6) is -1.04. The van der Waals surface area contributed by atoms with Gasteiger partial charge in [-0.05, 0) is 42.5 Å². The standard InChI is InChI=1S/C24H32N4O5S/c1-2-3-16-27(18-15-23(29)26-31)34(32,33)28-17-7-10-22(28)24(30)25-21-13-11-20(12-14-21)19-8-5-4-6-9-19/h4-6,8-9,11-14,22,31H,2-3,7,10,15-18H2,1H3,(H,25,30)(H,26,29). The highest BCUT2D eigenvalue weighted by molar-refractivity contribution is 7.86. The van der Waals surface area contributed by atoms with Gasteiger partial charge in [0.1, 0.15) is 6.04 Å². The van der Waals surface area contributed by atoms with Crippen LogP contribution in [-0.2, 0) is 19.8 Å². The van der Waals surface area contributed by atoms with Crippen LogP contribution in [0, 0.1) is 0 Å². The molecule has 0 aromatic heterocycles. The van der Waals surface area contributed by atoms with Crippen molar-refractivity contribution in [3.05, 3.63) is 54.6 Å². The number of nitrogens with one attached hydrogen (secondary N) is 2. The summed E-state index contributed by atoms with van der Waals surface area (Å²) in [6.07, 6.45) is 2.23. The van der Waals surface area contributed by atoms with Gasteiger partial charge < -0.3 is 5.32 Å². The minimum absolute atomic E-state index is 0.0689. The van der Waals surface area contributed by atoms with Crippen LogP contribution >= 0.6 is 0 Å². The van der Waals surface area contributed by atoms with E-state index in [-0.39, 0.29) is 32.0 Å². The first-order valence-corrected chi connectivity index (χ1v) is 12.9. The van der Waals surface area contributed by atoms with Crippen molar-refractivity contribution < 1.29 is 23.2 Å². The van der Waals surface area contributed by atoms with Crippen LogP contribution in [-0.4, -0.2) is 59.7 Å². The van der Waals surface area contributed by atoms with E-state index in [0.29, 0.717) is 24.9 Å².